The Labute approximate surface area is 127 Å². The summed E-state index contributed by atoms with van der Waals surface area (Å²) in [5, 5.41) is 8.80. The lowest BCUT2D eigenvalue weighted by Crippen LogP contribution is -2.39. The number of carboxylic acids is 1. The third-order valence-corrected chi connectivity index (χ3v) is 3.54. The van der Waals surface area contributed by atoms with Gasteiger partial charge in [0.2, 0.25) is 5.91 Å². The van der Waals surface area contributed by atoms with Crippen molar-refractivity contribution < 1.29 is 19.4 Å². The molecule has 1 N–H and O–H groups in total. The molecule has 1 amide bonds. The van der Waals surface area contributed by atoms with Crippen LogP contribution in [0.4, 0.5) is 0 Å². The van der Waals surface area contributed by atoms with Crippen molar-refractivity contribution in [2.24, 2.45) is 5.92 Å². The molecule has 6 nitrogen and oxygen atoms in total. The summed E-state index contributed by atoms with van der Waals surface area (Å²) in [5.74, 6) is -0.497. The standard InChI is InChI=1S/C15H28N2O4/c1-13(2)12-14(18)17(7-4-15(19)20)6-3-5-16-8-10-21-11-9-16/h13H,3-12H2,1-2H3,(H,19,20). The Morgan fingerprint density at radius 2 is 1.90 bits per heavy atom. The first kappa shape index (κ1) is 17.9. The number of aliphatic carboxylic acids is 1. The Morgan fingerprint density at radius 1 is 1.24 bits per heavy atom. The predicted octanol–water partition coefficient (Wildman–Crippen LogP) is 1.06. The lowest BCUT2D eigenvalue weighted by atomic mass is 10.1. The minimum absolute atomic E-state index is 0.0153. The molecule has 6 heteroatoms. The van der Waals surface area contributed by atoms with Gasteiger partial charge in [-0.3, -0.25) is 14.5 Å². The molecule has 1 rings (SSSR count). The number of morpholine rings is 1. The molecule has 0 aromatic heterocycles. The maximum atomic E-state index is 12.1. The lowest BCUT2D eigenvalue weighted by Gasteiger charge is -2.28. The van der Waals surface area contributed by atoms with Gasteiger partial charge in [-0.15, -0.1) is 0 Å². The van der Waals surface area contributed by atoms with Crippen molar-refractivity contribution in [1.82, 2.24) is 9.80 Å². The summed E-state index contributed by atoms with van der Waals surface area (Å²) in [5.41, 5.74) is 0. The maximum absolute atomic E-state index is 12.1. The Bertz CT molecular complexity index is 328. The molecule has 0 unspecified atom stereocenters. The number of carbonyl (C=O) groups excluding carboxylic acids is 1. The quantitative estimate of drug-likeness (QED) is 0.689. The van der Waals surface area contributed by atoms with E-state index >= 15 is 0 Å². The SMILES string of the molecule is CC(C)CC(=O)N(CCCN1CCOCC1)CCC(=O)O. The van der Waals surface area contributed by atoms with E-state index in [1.165, 1.54) is 0 Å². The second kappa shape index (κ2) is 9.73. The monoisotopic (exact) mass is 300 g/mol. The van der Waals surface area contributed by atoms with Gasteiger partial charge in [0.1, 0.15) is 0 Å². The van der Waals surface area contributed by atoms with Gasteiger partial charge in [0.15, 0.2) is 0 Å². The summed E-state index contributed by atoms with van der Waals surface area (Å²) >= 11 is 0. The summed E-state index contributed by atoms with van der Waals surface area (Å²) in [6.07, 6.45) is 1.38. The van der Waals surface area contributed by atoms with Crippen molar-refractivity contribution in [2.45, 2.75) is 33.1 Å². The van der Waals surface area contributed by atoms with Gasteiger partial charge in [-0.25, -0.2) is 0 Å². The molecule has 0 aliphatic carbocycles. The Hall–Kier alpha value is -1.14. The van der Waals surface area contributed by atoms with Gasteiger partial charge >= 0.3 is 5.97 Å². The summed E-state index contributed by atoms with van der Waals surface area (Å²) in [7, 11) is 0. The van der Waals surface area contributed by atoms with Gasteiger partial charge in [0.25, 0.3) is 0 Å². The fourth-order valence-electron chi connectivity index (χ4n) is 2.38. The summed E-state index contributed by atoms with van der Waals surface area (Å²) in [4.78, 5) is 26.9. The number of amides is 1. The zero-order valence-corrected chi connectivity index (χ0v) is 13.2. The molecule has 0 atom stereocenters. The Balaban J connectivity index is 2.35. The molecule has 1 saturated heterocycles. The average molecular weight is 300 g/mol. The summed E-state index contributed by atoms with van der Waals surface area (Å²) in [6.45, 7) is 9.30. The van der Waals surface area contributed by atoms with E-state index in [1.807, 2.05) is 13.8 Å². The highest BCUT2D eigenvalue weighted by molar-refractivity contribution is 5.77. The van der Waals surface area contributed by atoms with E-state index in [0.29, 0.717) is 25.4 Å². The zero-order chi connectivity index (χ0) is 15.7. The topological polar surface area (TPSA) is 70.1 Å². The van der Waals surface area contributed by atoms with Crippen LogP contribution in [0.1, 0.15) is 33.1 Å². The van der Waals surface area contributed by atoms with Crippen LogP contribution in [0.3, 0.4) is 0 Å². The van der Waals surface area contributed by atoms with Crippen molar-refractivity contribution in [2.75, 3.05) is 45.9 Å². The van der Waals surface area contributed by atoms with E-state index in [0.717, 1.165) is 39.3 Å². The van der Waals surface area contributed by atoms with E-state index in [9.17, 15) is 9.59 Å². The molecule has 0 spiro atoms. The number of rotatable bonds is 9. The van der Waals surface area contributed by atoms with Crippen LogP contribution in [0.5, 0.6) is 0 Å². The molecule has 0 aromatic carbocycles. The fourth-order valence-corrected chi connectivity index (χ4v) is 2.38. The molecule has 1 aliphatic rings. The maximum Gasteiger partial charge on any atom is 0.305 e. The number of carbonyl (C=O) groups is 2. The minimum atomic E-state index is -0.856. The number of nitrogens with zero attached hydrogens (tertiary/aromatic N) is 2. The summed E-state index contributed by atoms with van der Waals surface area (Å²) < 4.78 is 5.30. The molecular weight excluding hydrogens is 272 g/mol. The second-order valence-electron chi connectivity index (χ2n) is 5.93. The Kier molecular flexibility index (Phi) is 8.30. The highest BCUT2D eigenvalue weighted by atomic mass is 16.5. The first-order chi connectivity index (χ1) is 9.99. The van der Waals surface area contributed by atoms with E-state index in [2.05, 4.69) is 4.90 Å². The molecule has 1 aliphatic heterocycles. The molecule has 0 saturated carbocycles. The number of hydrogen-bond acceptors (Lipinski definition) is 4. The van der Waals surface area contributed by atoms with Crippen LogP contribution in [-0.2, 0) is 14.3 Å². The first-order valence-electron chi connectivity index (χ1n) is 7.78. The summed E-state index contributed by atoms with van der Waals surface area (Å²) in [6, 6.07) is 0. The van der Waals surface area contributed by atoms with Crippen molar-refractivity contribution in [3.8, 4) is 0 Å². The molecule has 0 bridgehead atoms. The van der Waals surface area contributed by atoms with Crippen LogP contribution in [0.2, 0.25) is 0 Å². The minimum Gasteiger partial charge on any atom is -0.481 e. The predicted molar refractivity (Wildman–Crippen MR) is 80.2 cm³/mol. The van der Waals surface area contributed by atoms with Gasteiger partial charge < -0.3 is 14.7 Å². The van der Waals surface area contributed by atoms with Gasteiger partial charge in [-0.2, -0.15) is 0 Å². The van der Waals surface area contributed by atoms with Gasteiger partial charge in [0, 0.05) is 39.1 Å². The average Bonchev–Trinajstić information content (AvgIpc) is 2.42. The van der Waals surface area contributed by atoms with E-state index in [1.54, 1.807) is 4.90 Å². The number of hydrogen-bond donors (Lipinski definition) is 1. The van der Waals surface area contributed by atoms with E-state index < -0.39 is 5.97 Å². The molecule has 0 aromatic rings. The van der Waals surface area contributed by atoms with E-state index in [-0.39, 0.29) is 12.3 Å². The third kappa shape index (κ3) is 8.02. The third-order valence-electron chi connectivity index (χ3n) is 3.54. The lowest BCUT2D eigenvalue weighted by molar-refractivity contribution is -0.138. The van der Waals surface area contributed by atoms with Crippen molar-refractivity contribution in [3.05, 3.63) is 0 Å². The second-order valence-corrected chi connectivity index (χ2v) is 5.93. The van der Waals surface area contributed by atoms with Crippen LogP contribution >= 0.6 is 0 Å². The molecule has 1 fully saturated rings. The van der Waals surface area contributed by atoms with Crippen molar-refractivity contribution >= 4 is 11.9 Å². The van der Waals surface area contributed by atoms with E-state index in [4.69, 9.17) is 9.84 Å². The van der Waals surface area contributed by atoms with Crippen molar-refractivity contribution in [1.29, 1.82) is 0 Å². The van der Waals surface area contributed by atoms with Crippen LogP contribution < -0.4 is 0 Å². The smallest absolute Gasteiger partial charge is 0.305 e. The molecular formula is C15H28N2O4. The highest BCUT2D eigenvalue weighted by Crippen LogP contribution is 2.07. The number of ether oxygens (including phenoxy) is 1. The van der Waals surface area contributed by atoms with Crippen LogP contribution in [0.15, 0.2) is 0 Å². The van der Waals surface area contributed by atoms with Crippen LogP contribution in [0.25, 0.3) is 0 Å². The Morgan fingerprint density at radius 3 is 2.48 bits per heavy atom. The zero-order valence-electron chi connectivity index (χ0n) is 13.2. The molecule has 1 heterocycles. The van der Waals surface area contributed by atoms with Gasteiger partial charge in [-0.1, -0.05) is 13.8 Å². The fraction of sp³-hybridized carbons (Fsp3) is 0.867. The molecule has 122 valence electrons. The van der Waals surface area contributed by atoms with Gasteiger partial charge in [-0.05, 0) is 12.3 Å². The first-order valence-corrected chi connectivity index (χ1v) is 7.78. The number of carboxylic acid groups (broad SMARTS) is 1. The normalized spacial score (nSPS) is 16.1. The van der Waals surface area contributed by atoms with Crippen molar-refractivity contribution in [3.63, 3.8) is 0 Å². The highest BCUT2D eigenvalue weighted by Gasteiger charge is 2.17. The molecule has 0 radical (unpaired) electrons. The van der Waals surface area contributed by atoms with Crippen LogP contribution in [0, 0.1) is 5.92 Å². The molecule has 21 heavy (non-hydrogen) atoms. The largest absolute Gasteiger partial charge is 0.481 e. The van der Waals surface area contributed by atoms with Gasteiger partial charge in [0.05, 0.1) is 19.6 Å². The van der Waals surface area contributed by atoms with Crippen LogP contribution in [-0.4, -0.2) is 72.7 Å².